The number of hydrogen-bond donors (Lipinski definition) is 1. The zero-order valence-corrected chi connectivity index (χ0v) is 12.7. The van der Waals surface area contributed by atoms with Crippen LogP contribution in [0.2, 0.25) is 5.02 Å². The first kappa shape index (κ1) is 14.1. The van der Waals surface area contributed by atoms with Gasteiger partial charge >= 0.3 is 0 Å². The Kier molecular flexibility index (Phi) is 4.99. The summed E-state index contributed by atoms with van der Waals surface area (Å²) in [6.07, 6.45) is 2.66. The van der Waals surface area contributed by atoms with E-state index in [0.717, 1.165) is 13.0 Å². The third kappa shape index (κ3) is 4.08. The molecule has 6 heteroatoms. The molecular weight excluding hydrogens is 330 g/mol. The van der Waals surface area contributed by atoms with Gasteiger partial charge in [-0.05, 0) is 40.5 Å². The molecule has 0 fully saturated rings. The Bertz CT molecular complexity index is 565. The van der Waals surface area contributed by atoms with Gasteiger partial charge in [0.1, 0.15) is 5.75 Å². The first-order chi connectivity index (χ1) is 9.19. The SMILES string of the molecule is CCCNc1ncc(Br)c(Oc2cccc(Cl)c2)n1. The van der Waals surface area contributed by atoms with E-state index in [0.29, 0.717) is 27.1 Å². The average Bonchev–Trinajstić information content (AvgIpc) is 2.40. The molecule has 0 spiro atoms. The van der Waals surface area contributed by atoms with Crippen LogP contribution < -0.4 is 10.1 Å². The molecule has 0 saturated heterocycles. The first-order valence-electron chi connectivity index (χ1n) is 5.89. The molecule has 1 heterocycles. The minimum absolute atomic E-state index is 0.455. The normalized spacial score (nSPS) is 10.3. The van der Waals surface area contributed by atoms with E-state index in [1.54, 1.807) is 18.3 Å². The van der Waals surface area contributed by atoms with Crippen molar-refractivity contribution in [2.24, 2.45) is 0 Å². The summed E-state index contributed by atoms with van der Waals surface area (Å²) < 4.78 is 6.38. The first-order valence-corrected chi connectivity index (χ1v) is 7.06. The molecule has 1 N–H and O–H groups in total. The number of nitrogens with one attached hydrogen (secondary N) is 1. The van der Waals surface area contributed by atoms with E-state index in [9.17, 15) is 0 Å². The smallest absolute Gasteiger partial charge is 0.238 e. The maximum Gasteiger partial charge on any atom is 0.238 e. The summed E-state index contributed by atoms with van der Waals surface area (Å²) >= 11 is 9.28. The van der Waals surface area contributed by atoms with Crippen LogP contribution in [0, 0.1) is 0 Å². The summed E-state index contributed by atoms with van der Waals surface area (Å²) in [7, 11) is 0. The molecule has 100 valence electrons. The molecule has 0 unspecified atom stereocenters. The van der Waals surface area contributed by atoms with E-state index >= 15 is 0 Å². The van der Waals surface area contributed by atoms with Crippen LogP contribution in [-0.4, -0.2) is 16.5 Å². The summed E-state index contributed by atoms with van der Waals surface area (Å²) in [5.74, 6) is 1.63. The third-order valence-electron chi connectivity index (χ3n) is 2.26. The van der Waals surface area contributed by atoms with Gasteiger partial charge in [0, 0.05) is 11.6 Å². The summed E-state index contributed by atoms with van der Waals surface area (Å²) in [5.41, 5.74) is 0. The van der Waals surface area contributed by atoms with Gasteiger partial charge in [0.2, 0.25) is 11.8 Å². The molecule has 0 aliphatic carbocycles. The van der Waals surface area contributed by atoms with Gasteiger partial charge in [0.25, 0.3) is 0 Å². The predicted molar refractivity (Wildman–Crippen MR) is 80.0 cm³/mol. The van der Waals surface area contributed by atoms with Gasteiger partial charge in [0.05, 0.1) is 10.7 Å². The van der Waals surface area contributed by atoms with Gasteiger partial charge in [-0.15, -0.1) is 0 Å². The lowest BCUT2D eigenvalue weighted by atomic mass is 10.3. The number of aromatic nitrogens is 2. The maximum absolute atomic E-state index is 5.91. The second-order valence-electron chi connectivity index (χ2n) is 3.83. The minimum atomic E-state index is 0.455. The van der Waals surface area contributed by atoms with Crippen molar-refractivity contribution >= 4 is 33.5 Å². The van der Waals surface area contributed by atoms with Crippen LogP contribution in [0.3, 0.4) is 0 Å². The van der Waals surface area contributed by atoms with Crippen molar-refractivity contribution in [1.82, 2.24) is 9.97 Å². The molecule has 19 heavy (non-hydrogen) atoms. The topological polar surface area (TPSA) is 47.0 Å². The highest BCUT2D eigenvalue weighted by molar-refractivity contribution is 9.10. The number of ether oxygens (including phenoxy) is 1. The van der Waals surface area contributed by atoms with Gasteiger partial charge in [-0.3, -0.25) is 0 Å². The zero-order chi connectivity index (χ0) is 13.7. The summed E-state index contributed by atoms with van der Waals surface area (Å²) in [6.45, 7) is 2.90. The van der Waals surface area contributed by atoms with Crippen LogP contribution >= 0.6 is 27.5 Å². The van der Waals surface area contributed by atoms with Crippen LogP contribution in [-0.2, 0) is 0 Å². The van der Waals surface area contributed by atoms with Crippen LogP contribution in [0.1, 0.15) is 13.3 Å². The van der Waals surface area contributed by atoms with Crippen LogP contribution in [0.4, 0.5) is 5.95 Å². The summed E-state index contributed by atoms with van der Waals surface area (Å²) in [6, 6.07) is 7.16. The van der Waals surface area contributed by atoms with Crippen molar-refractivity contribution in [1.29, 1.82) is 0 Å². The van der Waals surface area contributed by atoms with Crippen molar-refractivity contribution < 1.29 is 4.74 Å². The second-order valence-corrected chi connectivity index (χ2v) is 5.12. The molecule has 2 aromatic rings. The van der Waals surface area contributed by atoms with Gasteiger partial charge in [-0.25, -0.2) is 4.98 Å². The lowest BCUT2D eigenvalue weighted by Crippen LogP contribution is -2.04. The number of anilines is 1. The van der Waals surface area contributed by atoms with Crippen molar-refractivity contribution in [3.8, 4) is 11.6 Å². The Morgan fingerprint density at radius 2 is 2.26 bits per heavy atom. The van der Waals surface area contributed by atoms with E-state index < -0.39 is 0 Å². The van der Waals surface area contributed by atoms with E-state index in [2.05, 4.69) is 38.1 Å². The highest BCUT2D eigenvalue weighted by Gasteiger charge is 2.07. The minimum Gasteiger partial charge on any atom is -0.438 e. The molecule has 0 saturated carbocycles. The molecule has 0 amide bonds. The molecule has 1 aromatic heterocycles. The van der Waals surface area contributed by atoms with Crippen molar-refractivity contribution in [2.75, 3.05) is 11.9 Å². The van der Waals surface area contributed by atoms with Crippen molar-refractivity contribution in [3.05, 3.63) is 40.0 Å². The Balaban J connectivity index is 2.19. The monoisotopic (exact) mass is 341 g/mol. The quantitative estimate of drug-likeness (QED) is 0.868. The molecule has 2 rings (SSSR count). The van der Waals surface area contributed by atoms with E-state index in [-0.39, 0.29) is 0 Å². The molecule has 1 aromatic carbocycles. The largest absolute Gasteiger partial charge is 0.438 e. The highest BCUT2D eigenvalue weighted by atomic mass is 79.9. The second kappa shape index (κ2) is 6.73. The van der Waals surface area contributed by atoms with E-state index in [1.165, 1.54) is 0 Å². The van der Waals surface area contributed by atoms with Crippen molar-refractivity contribution in [2.45, 2.75) is 13.3 Å². The van der Waals surface area contributed by atoms with Crippen molar-refractivity contribution in [3.63, 3.8) is 0 Å². The Morgan fingerprint density at radius 3 is 3.00 bits per heavy atom. The third-order valence-corrected chi connectivity index (χ3v) is 3.03. The Labute approximate surface area is 125 Å². The Hall–Kier alpha value is -1.33. The van der Waals surface area contributed by atoms with Gasteiger partial charge in [-0.1, -0.05) is 24.6 Å². The fourth-order valence-electron chi connectivity index (χ4n) is 1.39. The summed E-state index contributed by atoms with van der Waals surface area (Å²) in [5, 5.41) is 3.73. The maximum atomic E-state index is 5.91. The zero-order valence-electron chi connectivity index (χ0n) is 10.4. The molecular formula is C13H13BrClN3O. The number of benzene rings is 1. The number of nitrogens with zero attached hydrogens (tertiary/aromatic N) is 2. The Morgan fingerprint density at radius 1 is 1.42 bits per heavy atom. The van der Waals surface area contributed by atoms with Gasteiger partial charge in [-0.2, -0.15) is 4.98 Å². The number of hydrogen-bond acceptors (Lipinski definition) is 4. The van der Waals surface area contributed by atoms with E-state index in [1.807, 2.05) is 12.1 Å². The highest BCUT2D eigenvalue weighted by Crippen LogP contribution is 2.29. The number of rotatable bonds is 5. The molecule has 0 bridgehead atoms. The molecule has 0 radical (unpaired) electrons. The summed E-state index contributed by atoms with van der Waals surface area (Å²) in [4.78, 5) is 8.46. The fraction of sp³-hybridized carbons (Fsp3) is 0.231. The van der Waals surface area contributed by atoms with E-state index in [4.69, 9.17) is 16.3 Å². The standard InChI is InChI=1S/C13H13BrClN3O/c1-2-6-16-13-17-8-11(14)12(18-13)19-10-5-3-4-9(15)7-10/h3-5,7-8H,2,6H2,1H3,(H,16,17,18). The van der Waals surface area contributed by atoms with Crippen LogP contribution in [0.5, 0.6) is 11.6 Å². The lowest BCUT2D eigenvalue weighted by Gasteiger charge is -2.09. The van der Waals surface area contributed by atoms with Crippen LogP contribution in [0.25, 0.3) is 0 Å². The fourth-order valence-corrected chi connectivity index (χ4v) is 1.84. The molecule has 0 atom stereocenters. The molecule has 0 aliphatic heterocycles. The average molecular weight is 343 g/mol. The number of halogens is 2. The van der Waals surface area contributed by atoms with Crippen LogP contribution in [0.15, 0.2) is 34.9 Å². The van der Waals surface area contributed by atoms with Gasteiger partial charge in [0.15, 0.2) is 0 Å². The molecule has 0 aliphatic rings. The lowest BCUT2D eigenvalue weighted by molar-refractivity contribution is 0.459. The van der Waals surface area contributed by atoms with Gasteiger partial charge < -0.3 is 10.1 Å². The predicted octanol–water partition coefficient (Wildman–Crippen LogP) is 4.51. The molecule has 4 nitrogen and oxygen atoms in total.